The molecule has 0 amide bonds. The fraction of sp³-hybridized carbons (Fsp3) is 0.200. The summed E-state index contributed by atoms with van der Waals surface area (Å²) in [5.74, 6) is 0.251. The summed E-state index contributed by atoms with van der Waals surface area (Å²) in [6.45, 7) is 0.442. The molecule has 14 heavy (non-hydrogen) atoms. The number of nitrogens with zero attached hydrogens (tertiary/aromatic N) is 1. The maximum atomic E-state index is 11.2. The predicted molar refractivity (Wildman–Crippen MR) is 51.4 cm³/mol. The van der Waals surface area contributed by atoms with E-state index in [-0.39, 0.29) is 5.97 Å². The van der Waals surface area contributed by atoms with Gasteiger partial charge in [0.1, 0.15) is 18.0 Å². The Hall–Kier alpha value is -1.84. The van der Waals surface area contributed by atoms with E-state index >= 15 is 0 Å². The number of carbonyl (C=O) groups excluding carboxylic acids is 1. The molecule has 0 aromatic heterocycles. The maximum Gasteiger partial charge on any atom is 0.337 e. The summed E-state index contributed by atoms with van der Waals surface area (Å²) in [5.41, 5.74) is 1.22. The first-order chi connectivity index (χ1) is 6.81. The van der Waals surface area contributed by atoms with E-state index in [9.17, 15) is 4.79 Å². The molecule has 0 radical (unpaired) electrons. The molecule has 2 rings (SSSR count). The van der Waals surface area contributed by atoms with Gasteiger partial charge < -0.3 is 9.47 Å². The van der Waals surface area contributed by atoms with Gasteiger partial charge in [-0.2, -0.15) is 0 Å². The molecule has 0 fully saturated rings. The highest BCUT2D eigenvalue weighted by Crippen LogP contribution is 2.30. The smallest absolute Gasteiger partial charge is 0.337 e. The third kappa shape index (κ3) is 1.46. The molecule has 1 aromatic carbocycles. The van der Waals surface area contributed by atoms with Crippen molar-refractivity contribution in [3.05, 3.63) is 23.8 Å². The zero-order chi connectivity index (χ0) is 9.97. The second-order valence-corrected chi connectivity index (χ2v) is 2.80. The molecule has 0 unspecified atom stereocenters. The van der Waals surface area contributed by atoms with Gasteiger partial charge >= 0.3 is 5.97 Å². The minimum Gasteiger partial charge on any atom is -0.486 e. The van der Waals surface area contributed by atoms with Crippen LogP contribution in [0.4, 0.5) is 5.69 Å². The van der Waals surface area contributed by atoms with Gasteiger partial charge in [-0.25, -0.2) is 4.79 Å². The molecule has 1 aliphatic heterocycles. The van der Waals surface area contributed by atoms with Gasteiger partial charge in [0.2, 0.25) is 0 Å². The third-order valence-corrected chi connectivity index (χ3v) is 1.92. The Labute approximate surface area is 81.2 Å². The van der Waals surface area contributed by atoms with Crippen LogP contribution >= 0.6 is 0 Å². The summed E-state index contributed by atoms with van der Waals surface area (Å²) in [6, 6.07) is 5.03. The molecule has 0 atom stereocenters. The van der Waals surface area contributed by atoms with E-state index < -0.39 is 0 Å². The van der Waals surface area contributed by atoms with E-state index in [0.717, 1.165) is 5.69 Å². The monoisotopic (exact) mass is 191 g/mol. The number of carbonyl (C=O) groups is 1. The van der Waals surface area contributed by atoms with Crippen molar-refractivity contribution in [2.75, 3.05) is 13.7 Å². The van der Waals surface area contributed by atoms with E-state index in [2.05, 4.69) is 9.73 Å². The Kier molecular flexibility index (Phi) is 2.18. The Morgan fingerprint density at radius 3 is 3.21 bits per heavy atom. The molecular weight excluding hydrogens is 182 g/mol. The number of benzene rings is 1. The van der Waals surface area contributed by atoms with E-state index in [4.69, 9.17) is 4.74 Å². The lowest BCUT2D eigenvalue weighted by Crippen LogP contribution is -2.05. The molecule has 0 saturated heterocycles. The van der Waals surface area contributed by atoms with E-state index in [0.29, 0.717) is 17.9 Å². The SMILES string of the molecule is COC(=O)c1ccc2c(c1)OCC=N2. The molecule has 0 bridgehead atoms. The first-order valence-corrected chi connectivity index (χ1v) is 4.19. The van der Waals surface area contributed by atoms with Crippen molar-refractivity contribution in [3.8, 4) is 5.75 Å². The highest BCUT2D eigenvalue weighted by atomic mass is 16.5. The zero-order valence-electron chi connectivity index (χ0n) is 7.69. The van der Waals surface area contributed by atoms with Gasteiger partial charge in [0.05, 0.1) is 12.7 Å². The second-order valence-electron chi connectivity index (χ2n) is 2.80. The zero-order valence-corrected chi connectivity index (χ0v) is 7.69. The number of hydrogen-bond acceptors (Lipinski definition) is 4. The van der Waals surface area contributed by atoms with Crippen molar-refractivity contribution in [2.45, 2.75) is 0 Å². The maximum absolute atomic E-state index is 11.2. The molecule has 0 spiro atoms. The molecule has 1 aromatic rings. The molecule has 4 nitrogen and oxygen atoms in total. The number of aliphatic imine (C=N–C) groups is 1. The lowest BCUT2D eigenvalue weighted by atomic mass is 10.2. The number of rotatable bonds is 1. The largest absolute Gasteiger partial charge is 0.486 e. The van der Waals surface area contributed by atoms with Gasteiger partial charge in [0, 0.05) is 6.21 Å². The highest BCUT2D eigenvalue weighted by molar-refractivity contribution is 5.91. The second kappa shape index (κ2) is 3.49. The predicted octanol–water partition coefficient (Wildman–Crippen LogP) is 1.57. The Morgan fingerprint density at radius 2 is 2.43 bits per heavy atom. The van der Waals surface area contributed by atoms with Gasteiger partial charge in [-0.3, -0.25) is 4.99 Å². The van der Waals surface area contributed by atoms with Gasteiger partial charge in [-0.1, -0.05) is 0 Å². The molecule has 0 N–H and O–H groups in total. The molecule has 1 aliphatic rings. The minimum atomic E-state index is -0.369. The summed E-state index contributed by atoms with van der Waals surface area (Å²) in [5, 5.41) is 0. The first-order valence-electron chi connectivity index (χ1n) is 4.19. The van der Waals surface area contributed by atoms with Crippen LogP contribution in [0.3, 0.4) is 0 Å². The standard InChI is InChI=1S/C10H9NO3/c1-13-10(12)7-2-3-8-9(6-7)14-5-4-11-8/h2-4,6H,5H2,1H3. The molecule has 72 valence electrons. The van der Waals surface area contributed by atoms with E-state index in [1.807, 2.05) is 0 Å². The molecule has 4 heteroatoms. The number of esters is 1. The van der Waals surface area contributed by atoms with Gasteiger partial charge in [0.15, 0.2) is 0 Å². The summed E-state index contributed by atoms with van der Waals surface area (Å²) in [4.78, 5) is 15.3. The first kappa shape index (κ1) is 8.74. The van der Waals surface area contributed by atoms with E-state index in [1.165, 1.54) is 7.11 Å². The van der Waals surface area contributed by atoms with Crippen LogP contribution in [0.15, 0.2) is 23.2 Å². The minimum absolute atomic E-state index is 0.369. The van der Waals surface area contributed by atoms with Crippen LogP contribution in [0.5, 0.6) is 5.75 Å². The average Bonchev–Trinajstić information content (AvgIpc) is 2.27. The van der Waals surface area contributed by atoms with Crippen LogP contribution in [-0.4, -0.2) is 25.9 Å². The normalized spacial score (nSPS) is 12.9. The number of fused-ring (bicyclic) bond motifs is 1. The number of ether oxygens (including phenoxy) is 2. The summed E-state index contributed by atoms with van der Waals surface area (Å²) >= 11 is 0. The van der Waals surface area contributed by atoms with Gasteiger partial charge in [-0.05, 0) is 18.2 Å². The lowest BCUT2D eigenvalue weighted by molar-refractivity contribution is 0.0600. The summed E-state index contributed by atoms with van der Waals surface area (Å²) in [7, 11) is 1.35. The topological polar surface area (TPSA) is 47.9 Å². The van der Waals surface area contributed by atoms with Crippen LogP contribution in [0.1, 0.15) is 10.4 Å². The molecule has 0 saturated carbocycles. The molecule has 1 heterocycles. The molecule has 0 aliphatic carbocycles. The van der Waals surface area contributed by atoms with Crippen molar-refractivity contribution in [1.29, 1.82) is 0 Å². The average molecular weight is 191 g/mol. The highest BCUT2D eigenvalue weighted by Gasteiger charge is 2.11. The quantitative estimate of drug-likeness (QED) is 0.633. The van der Waals surface area contributed by atoms with Crippen molar-refractivity contribution < 1.29 is 14.3 Å². The Morgan fingerprint density at radius 1 is 1.57 bits per heavy atom. The van der Waals surface area contributed by atoms with Gasteiger partial charge in [0.25, 0.3) is 0 Å². The summed E-state index contributed by atoms with van der Waals surface area (Å²) < 4.78 is 9.90. The Bertz CT molecular complexity index is 398. The van der Waals surface area contributed by atoms with Crippen LogP contribution in [0.25, 0.3) is 0 Å². The van der Waals surface area contributed by atoms with Crippen LogP contribution < -0.4 is 4.74 Å². The van der Waals surface area contributed by atoms with Crippen molar-refractivity contribution in [2.24, 2.45) is 4.99 Å². The van der Waals surface area contributed by atoms with Crippen LogP contribution in [0.2, 0.25) is 0 Å². The fourth-order valence-corrected chi connectivity index (χ4v) is 1.24. The fourth-order valence-electron chi connectivity index (χ4n) is 1.24. The van der Waals surface area contributed by atoms with Crippen molar-refractivity contribution in [1.82, 2.24) is 0 Å². The van der Waals surface area contributed by atoms with Crippen LogP contribution in [-0.2, 0) is 4.74 Å². The Balaban J connectivity index is 2.39. The number of hydrogen-bond donors (Lipinski definition) is 0. The third-order valence-electron chi connectivity index (χ3n) is 1.92. The molecular formula is C10H9NO3. The van der Waals surface area contributed by atoms with Crippen molar-refractivity contribution in [3.63, 3.8) is 0 Å². The van der Waals surface area contributed by atoms with Crippen molar-refractivity contribution >= 4 is 17.9 Å². The van der Waals surface area contributed by atoms with Gasteiger partial charge in [-0.15, -0.1) is 0 Å². The van der Waals surface area contributed by atoms with E-state index in [1.54, 1.807) is 24.4 Å². The summed E-state index contributed by atoms with van der Waals surface area (Å²) in [6.07, 6.45) is 1.68. The lowest BCUT2D eigenvalue weighted by Gasteiger charge is -2.11. The van der Waals surface area contributed by atoms with Crippen LogP contribution in [0, 0.1) is 0 Å². The number of methoxy groups -OCH3 is 1.